The molecule has 1 rings (SSSR count). The molecule has 0 aromatic heterocycles. The van der Waals surface area contributed by atoms with E-state index in [2.05, 4.69) is 10.6 Å². The molecular weight excluding hydrogens is 284 g/mol. The highest BCUT2D eigenvalue weighted by Gasteiger charge is 2.15. The maximum atomic E-state index is 11.8. The normalized spacial score (nSPS) is 10.7. The molecule has 2 amide bonds. The van der Waals surface area contributed by atoms with Gasteiger partial charge in [-0.25, -0.2) is 4.79 Å². The SMILES string of the molecule is COc1ccc(CC(=O)NCCNC(=O)OC(C)(C)C)cc1. The monoisotopic (exact) mass is 308 g/mol. The number of ether oxygens (including phenoxy) is 2. The fourth-order valence-electron chi connectivity index (χ4n) is 1.67. The van der Waals surface area contributed by atoms with Gasteiger partial charge < -0.3 is 20.1 Å². The Bertz CT molecular complexity index is 492. The smallest absolute Gasteiger partial charge is 0.407 e. The van der Waals surface area contributed by atoms with Gasteiger partial charge in [-0.3, -0.25) is 4.79 Å². The Hall–Kier alpha value is -2.24. The maximum Gasteiger partial charge on any atom is 0.407 e. The van der Waals surface area contributed by atoms with Gasteiger partial charge >= 0.3 is 6.09 Å². The van der Waals surface area contributed by atoms with Crippen LogP contribution in [0.3, 0.4) is 0 Å². The molecule has 0 aliphatic heterocycles. The summed E-state index contributed by atoms with van der Waals surface area (Å²) < 4.78 is 10.1. The third-order valence-corrected chi connectivity index (χ3v) is 2.64. The summed E-state index contributed by atoms with van der Waals surface area (Å²) in [6.07, 6.45) is -0.201. The predicted octanol–water partition coefficient (Wildman–Crippen LogP) is 1.88. The Morgan fingerprint density at radius 2 is 1.64 bits per heavy atom. The molecule has 0 aliphatic carbocycles. The number of methoxy groups -OCH3 is 1. The van der Waals surface area contributed by atoms with Crippen molar-refractivity contribution in [1.82, 2.24) is 10.6 Å². The highest BCUT2D eigenvalue weighted by molar-refractivity contribution is 5.78. The standard InChI is InChI=1S/C16H24N2O4/c1-16(2,3)22-15(20)18-10-9-17-14(19)11-12-5-7-13(21-4)8-6-12/h5-8H,9-11H2,1-4H3,(H,17,19)(H,18,20). The van der Waals surface area contributed by atoms with Crippen LogP contribution in [0, 0.1) is 0 Å². The van der Waals surface area contributed by atoms with Crippen molar-refractivity contribution in [2.75, 3.05) is 20.2 Å². The van der Waals surface area contributed by atoms with Crippen LogP contribution in [0.2, 0.25) is 0 Å². The van der Waals surface area contributed by atoms with Crippen molar-refractivity contribution in [3.05, 3.63) is 29.8 Å². The number of alkyl carbamates (subject to hydrolysis) is 1. The first-order valence-corrected chi connectivity index (χ1v) is 7.16. The minimum atomic E-state index is -0.526. The molecule has 1 aromatic carbocycles. The minimum Gasteiger partial charge on any atom is -0.497 e. The minimum absolute atomic E-state index is 0.101. The van der Waals surface area contributed by atoms with Crippen LogP contribution in [0.25, 0.3) is 0 Å². The van der Waals surface area contributed by atoms with Crippen LogP contribution >= 0.6 is 0 Å². The van der Waals surface area contributed by atoms with E-state index in [4.69, 9.17) is 9.47 Å². The number of nitrogens with one attached hydrogen (secondary N) is 2. The van der Waals surface area contributed by atoms with E-state index in [1.807, 2.05) is 24.3 Å². The van der Waals surface area contributed by atoms with E-state index in [-0.39, 0.29) is 12.3 Å². The van der Waals surface area contributed by atoms with Gasteiger partial charge in [-0.15, -0.1) is 0 Å². The first-order valence-electron chi connectivity index (χ1n) is 7.16. The van der Waals surface area contributed by atoms with Crippen LogP contribution in [0.1, 0.15) is 26.3 Å². The van der Waals surface area contributed by atoms with Gasteiger partial charge in [-0.2, -0.15) is 0 Å². The predicted molar refractivity (Wildman–Crippen MR) is 83.9 cm³/mol. The molecule has 0 atom stereocenters. The van der Waals surface area contributed by atoms with Crippen LogP contribution < -0.4 is 15.4 Å². The number of hydrogen-bond donors (Lipinski definition) is 2. The third-order valence-electron chi connectivity index (χ3n) is 2.64. The number of amides is 2. The van der Waals surface area contributed by atoms with Crippen molar-refractivity contribution in [2.24, 2.45) is 0 Å². The van der Waals surface area contributed by atoms with E-state index in [1.54, 1.807) is 27.9 Å². The van der Waals surface area contributed by atoms with E-state index in [0.29, 0.717) is 13.1 Å². The average Bonchev–Trinajstić information content (AvgIpc) is 2.42. The lowest BCUT2D eigenvalue weighted by molar-refractivity contribution is -0.120. The Labute approximate surface area is 131 Å². The van der Waals surface area contributed by atoms with Crippen LogP contribution in [-0.2, 0) is 16.0 Å². The molecule has 0 radical (unpaired) electrons. The van der Waals surface area contributed by atoms with E-state index in [9.17, 15) is 9.59 Å². The van der Waals surface area contributed by atoms with Crippen molar-refractivity contribution >= 4 is 12.0 Å². The molecule has 0 fully saturated rings. The molecular formula is C16H24N2O4. The summed E-state index contributed by atoms with van der Waals surface area (Å²) >= 11 is 0. The Morgan fingerprint density at radius 3 is 2.18 bits per heavy atom. The molecule has 0 heterocycles. The maximum absolute atomic E-state index is 11.8. The van der Waals surface area contributed by atoms with E-state index < -0.39 is 11.7 Å². The third kappa shape index (κ3) is 7.52. The molecule has 0 bridgehead atoms. The van der Waals surface area contributed by atoms with Crippen molar-refractivity contribution in [2.45, 2.75) is 32.8 Å². The van der Waals surface area contributed by atoms with Gasteiger partial charge in [0.1, 0.15) is 11.4 Å². The number of carbonyl (C=O) groups excluding carboxylic acids is 2. The molecule has 2 N–H and O–H groups in total. The van der Waals surface area contributed by atoms with Crippen molar-refractivity contribution in [3.8, 4) is 5.75 Å². The van der Waals surface area contributed by atoms with Gasteiger partial charge in [0.25, 0.3) is 0 Å². The summed E-state index contributed by atoms with van der Waals surface area (Å²) in [5, 5.41) is 5.32. The Balaban J connectivity index is 2.21. The molecule has 122 valence electrons. The molecule has 6 heteroatoms. The van der Waals surface area contributed by atoms with Crippen LogP contribution in [0.15, 0.2) is 24.3 Å². The first kappa shape index (κ1) is 17.8. The summed E-state index contributed by atoms with van der Waals surface area (Å²) in [4.78, 5) is 23.2. The quantitative estimate of drug-likeness (QED) is 0.787. The Morgan fingerprint density at radius 1 is 1.05 bits per heavy atom. The summed E-state index contributed by atoms with van der Waals surface area (Å²) in [6.45, 7) is 6.06. The van der Waals surface area contributed by atoms with Crippen LogP contribution in [0.5, 0.6) is 5.75 Å². The van der Waals surface area contributed by atoms with E-state index in [1.165, 1.54) is 0 Å². The zero-order valence-corrected chi connectivity index (χ0v) is 13.6. The summed E-state index contributed by atoms with van der Waals surface area (Å²) in [7, 11) is 1.60. The van der Waals surface area contributed by atoms with E-state index in [0.717, 1.165) is 11.3 Å². The van der Waals surface area contributed by atoms with Gasteiger partial charge in [-0.1, -0.05) is 12.1 Å². The fourth-order valence-corrected chi connectivity index (χ4v) is 1.67. The van der Waals surface area contributed by atoms with Gasteiger partial charge in [0.2, 0.25) is 5.91 Å². The second kappa shape index (κ2) is 8.26. The summed E-state index contributed by atoms with van der Waals surface area (Å²) in [6, 6.07) is 7.31. The van der Waals surface area contributed by atoms with Crippen molar-refractivity contribution in [1.29, 1.82) is 0 Å². The molecule has 22 heavy (non-hydrogen) atoms. The molecule has 6 nitrogen and oxygen atoms in total. The first-order chi connectivity index (χ1) is 10.3. The second-order valence-electron chi connectivity index (χ2n) is 5.80. The highest BCUT2D eigenvalue weighted by atomic mass is 16.6. The summed E-state index contributed by atoms with van der Waals surface area (Å²) in [5.41, 5.74) is 0.375. The largest absolute Gasteiger partial charge is 0.497 e. The zero-order valence-electron chi connectivity index (χ0n) is 13.6. The molecule has 0 spiro atoms. The van der Waals surface area contributed by atoms with Crippen molar-refractivity contribution in [3.63, 3.8) is 0 Å². The fraction of sp³-hybridized carbons (Fsp3) is 0.500. The van der Waals surface area contributed by atoms with Gasteiger partial charge in [0, 0.05) is 13.1 Å². The topological polar surface area (TPSA) is 76.7 Å². The number of carbonyl (C=O) groups is 2. The molecule has 0 saturated heterocycles. The molecule has 1 aromatic rings. The Kier molecular flexibility index (Phi) is 6.69. The number of benzene rings is 1. The molecule has 0 saturated carbocycles. The number of rotatable bonds is 6. The van der Waals surface area contributed by atoms with Gasteiger partial charge in [0.05, 0.1) is 13.5 Å². The van der Waals surface area contributed by atoms with Crippen molar-refractivity contribution < 1.29 is 19.1 Å². The number of hydrogen-bond acceptors (Lipinski definition) is 4. The average molecular weight is 308 g/mol. The zero-order chi connectivity index (χ0) is 16.6. The lowest BCUT2D eigenvalue weighted by Crippen LogP contribution is -2.38. The summed E-state index contributed by atoms with van der Waals surface area (Å²) in [5.74, 6) is 0.655. The van der Waals surface area contributed by atoms with Gasteiger partial charge in [-0.05, 0) is 38.5 Å². The second-order valence-corrected chi connectivity index (χ2v) is 5.80. The lowest BCUT2D eigenvalue weighted by Gasteiger charge is -2.19. The lowest BCUT2D eigenvalue weighted by atomic mass is 10.1. The highest BCUT2D eigenvalue weighted by Crippen LogP contribution is 2.11. The van der Waals surface area contributed by atoms with Crippen LogP contribution in [0.4, 0.5) is 4.79 Å². The molecule has 0 aliphatic rings. The van der Waals surface area contributed by atoms with Crippen LogP contribution in [-0.4, -0.2) is 37.8 Å². The van der Waals surface area contributed by atoms with E-state index >= 15 is 0 Å². The van der Waals surface area contributed by atoms with Gasteiger partial charge in [0.15, 0.2) is 0 Å². The molecule has 0 unspecified atom stereocenters.